The fraction of sp³-hybridized carbons (Fsp3) is 1.00. The van der Waals surface area contributed by atoms with Gasteiger partial charge in [-0.25, -0.2) is 0 Å². The van der Waals surface area contributed by atoms with Gasteiger partial charge in [0.1, 0.15) is 0 Å². The predicted molar refractivity (Wildman–Crippen MR) is 57.2 cm³/mol. The normalized spacial score (nSPS) is 45.6. The Kier molecular flexibility index (Phi) is 3.10. The number of hydrogen-bond acceptors (Lipinski definition) is 3. The van der Waals surface area contributed by atoms with Gasteiger partial charge < -0.3 is 10.5 Å². The van der Waals surface area contributed by atoms with Crippen LogP contribution in [0.15, 0.2) is 0 Å². The average Bonchev–Trinajstić information content (AvgIpc) is 2.50. The van der Waals surface area contributed by atoms with Crippen LogP contribution in [-0.2, 0) is 4.74 Å². The first-order chi connectivity index (χ1) is 6.68. The molecular formula is C11H22N2O. The number of likely N-dealkylation sites (tertiary alicyclic amines) is 1. The fourth-order valence-corrected chi connectivity index (χ4v) is 2.63. The number of ether oxygens (including phenoxy) is 1. The van der Waals surface area contributed by atoms with Gasteiger partial charge in [-0.15, -0.1) is 0 Å². The van der Waals surface area contributed by atoms with Crippen molar-refractivity contribution >= 4 is 0 Å². The molecule has 2 fully saturated rings. The second-order valence-electron chi connectivity index (χ2n) is 4.81. The van der Waals surface area contributed by atoms with Crippen molar-refractivity contribution in [3.05, 3.63) is 0 Å². The smallest absolute Gasteiger partial charge is 0.0625 e. The maximum absolute atomic E-state index is 6.02. The van der Waals surface area contributed by atoms with Crippen molar-refractivity contribution in [1.29, 1.82) is 0 Å². The lowest BCUT2D eigenvalue weighted by atomic mass is 10.0. The number of nitrogens with two attached hydrogens (primary N) is 1. The molecule has 0 aromatic heterocycles. The molecule has 4 atom stereocenters. The lowest BCUT2D eigenvalue weighted by Gasteiger charge is -2.36. The summed E-state index contributed by atoms with van der Waals surface area (Å²) in [5, 5.41) is 0. The van der Waals surface area contributed by atoms with Gasteiger partial charge in [-0.2, -0.15) is 0 Å². The molecule has 82 valence electrons. The molecular weight excluding hydrogens is 176 g/mol. The molecule has 2 N–H and O–H groups in total. The highest BCUT2D eigenvalue weighted by molar-refractivity contribution is 4.91. The Labute approximate surface area is 86.6 Å². The molecule has 0 radical (unpaired) electrons. The zero-order chi connectivity index (χ0) is 10.1. The molecule has 0 saturated carbocycles. The number of nitrogens with zero attached hydrogens (tertiary/aromatic N) is 1. The Bertz CT molecular complexity index is 190. The van der Waals surface area contributed by atoms with Gasteiger partial charge in [-0.1, -0.05) is 0 Å². The molecule has 2 heterocycles. The highest BCUT2D eigenvalue weighted by Crippen LogP contribution is 2.25. The van der Waals surface area contributed by atoms with Gasteiger partial charge >= 0.3 is 0 Å². The van der Waals surface area contributed by atoms with Crippen LogP contribution in [0.5, 0.6) is 0 Å². The first-order valence-corrected chi connectivity index (χ1v) is 5.81. The Balaban J connectivity index is 1.89. The van der Waals surface area contributed by atoms with Crippen LogP contribution in [0.25, 0.3) is 0 Å². The van der Waals surface area contributed by atoms with Crippen LogP contribution in [0.4, 0.5) is 0 Å². The molecule has 4 unspecified atom stereocenters. The highest BCUT2D eigenvalue weighted by Gasteiger charge is 2.34. The Morgan fingerprint density at radius 1 is 1.21 bits per heavy atom. The highest BCUT2D eigenvalue weighted by atomic mass is 16.5. The van der Waals surface area contributed by atoms with E-state index in [4.69, 9.17) is 10.5 Å². The van der Waals surface area contributed by atoms with Gasteiger partial charge in [0.2, 0.25) is 0 Å². The minimum Gasteiger partial charge on any atom is -0.377 e. The summed E-state index contributed by atoms with van der Waals surface area (Å²) in [6.45, 7) is 6.47. The Hall–Kier alpha value is -0.120. The van der Waals surface area contributed by atoms with Crippen molar-refractivity contribution in [1.82, 2.24) is 4.90 Å². The van der Waals surface area contributed by atoms with Crippen molar-refractivity contribution in [3.8, 4) is 0 Å². The van der Waals surface area contributed by atoms with Gasteiger partial charge in [0.05, 0.1) is 12.7 Å². The lowest BCUT2D eigenvalue weighted by molar-refractivity contribution is -0.0302. The Morgan fingerprint density at radius 2 is 2.00 bits per heavy atom. The first kappa shape index (κ1) is 10.4. The van der Waals surface area contributed by atoms with Crippen LogP contribution in [0.1, 0.15) is 33.1 Å². The summed E-state index contributed by atoms with van der Waals surface area (Å²) >= 11 is 0. The summed E-state index contributed by atoms with van der Waals surface area (Å²) < 4.78 is 5.70. The van der Waals surface area contributed by atoms with Gasteiger partial charge in [0, 0.05) is 24.7 Å². The Morgan fingerprint density at radius 3 is 2.50 bits per heavy atom. The van der Waals surface area contributed by atoms with E-state index >= 15 is 0 Å². The molecule has 2 aliphatic heterocycles. The molecule has 2 saturated heterocycles. The predicted octanol–water partition coefficient (Wildman–Crippen LogP) is 0.975. The molecule has 0 aromatic carbocycles. The molecule has 0 amide bonds. The quantitative estimate of drug-likeness (QED) is 0.682. The van der Waals surface area contributed by atoms with E-state index < -0.39 is 0 Å². The minimum atomic E-state index is 0.370. The molecule has 0 bridgehead atoms. The van der Waals surface area contributed by atoms with E-state index in [9.17, 15) is 0 Å². The van der Waals surface area contributed by atoms with Crippen molar-refractivity contribution in [2.45, 2.75) is 57.3 Å². The fourth-order valence-electron chi connectivity index (χ4n) is 2.63. The molecule has 0 aliphatic carbocycles. The zero-order valence-corrected chi connectivity index (χ0v) is 9.28. The standard InChI is InChI=1S/C11H22N2O/c1-8-3-4-10(7-14-8)13-6-5-11(12)9(13)2/h8-11H,3-7,12H2,1-2H3. The molecule has 2 aliphatic rings. The third-order valence-electron chi connectivity index (χ3n) is 3.81. The zero-order valence-electron chi connectivity index (χ0n) is 9.28. The summed E-state index contributed by atoms with van der Waals surface area (Å²) in [6, 6.07) is 1.53. The van der Waals surface area contributed by atoms with E-state index in [1.807, 2.05) is 0 Å². The van der Waals surface area contributed by atoms with Gasteiger partial charge in [-0.05, 0) is 33.1 Å². The number of rotatable bonds is 1. The largest absolute Gasteiger partial charge is 0.377 e. The van der Waals surface area contributed by atoms with E-state index in [0.29, 0.717) is 24.2 Å². The lowest BCUT2D eigenvalue weighted by Crippen LogP contribution is -2.47. The van der Waals surface area contributed by atoms with E-state index in [0.717, 1.165) is 19.6 Å². The topological polar surface area (TPSA) is 38.5 Å². The monoisotopic (exact) mass is 198 g/mol. The van der Waals surface area contributed by atoms with Crippen LogP contribution in [0, 0.1) is 0 Å². The molecule has 0 spiro atoms. The summed E-state index contributed by atoms with van der Waals surface area (Å²) in [4.78, 5) is 2.54. The van der Waals surface area contributed by atoms with Crippen LogP contribution < -0.4 is 5.73 Å². The van der Waals surface area contributed by atoms with Crippen LogP contribution >= 0.6 is 0 Å². The second kappa shape index (κ2) is 4.17. The summed E-state index contributed by atoms with van der Waals surface area (Å²) in [5.41, 5.74) is 6.02. The van der Waals surface area contributed by atoms with E-state index in [1.54, 1.807) is 0 Å². The molecule has 3 heteroatoms. The molecule has 3 nitrogen and oxygen atoms in total. The minimum absolute atomic E-state index is 0.370. The summed E-state index contributed by atoms with van der Waals surface area (Å²) in [7, 11) is 0. The van der Waals surface area contributed by atoms with Gasteiger partial charge in [0.25, 0.3) is 0 Å². The summed E-state index contributed by atoms with van der Waals surface area (Å²) in [6.07, 6.45) is 4.08. The number of hydrogen-bond donors (Lipinski definition) is 1. The van der Waals surface area contributed by atoms with E-state index in [-0.39, 0.29) is 0 Å². The van der Waals surface area contributed by atoms with Crippen LogP contribution in [-0.4, -0.2) is 42.3 Å². The average molecular weight is 198 g/mol. The van der Waals surface area contributed by atoms with E-state index in [2.05, 4.69) is 18.7 Å². The summed E-state index contributed by atoms with van der Waals surface area (Å²) in [5.74, 6) is 0. The maximum Gasteiger partial charge on any atom is 0.0625 e. The van der Waals surface area contributed by atoms with E-state index in [1.165, 1.54) is 12.8 Å². The van der Waals surface area contributed by atoms with Gasteiger partial charge in [0.15, 0.2) is 0 Å². The van der Waals surface area contributed by atoms with Crippen molar-refractivity contribution < 1.29 is 4.74 Å². The molecule has 0 aromatic rings. The van der Waals surface area contributed by atoms with Gasteiger partial charge in [-0.3, -0.25) is 4.90 Å². The molecule has 14 heavy (non-hydrogen) atoms. The third kappa shape index (κ3) is 1.95. The van der Waals surface area contributed by atoms with Crippen LogP contribution in [0.2, 0.25) is 0 Å². The van der Waals surface area contributed by atoms with Crippen molar-refractivity contribution in [2.75, 3.05) is 13.2 Å². The molecule has 2 rings (SSSR count). The van der Waals surface area contributed by atoms with Crippen molar-refractivity contribution in [3.63, 3.8) is 0 Å². The van der Waals surface area contributed by atoms with Crippen LogP contribution in [0.3, 0.4) is 0 Å². The SMILES string of the molecule is CC1CCC(N2CCC(N)C2C)CO1. The third-order valence-corrected chi connectivity index (χ3v) is 3.81. The second-order valence-corrected chi connectivity index (χ2v) is 4.81. The van der Waals surface area contributed by atoms with Crippen molar-refractivity contribution in [2.24, 2.45) is 5.73 Å². The maximum atomic E-state index is 6.02. The first-order valence-electron chi connectivity index (χ1n) is 5.81.